The Bertz CT molecular complexity index is 1280. The van der Waals surface area contributed by atoms with Gasteiger partial charge in [0.1, 0.15) is 0 Å². The molecule has 2 aliphatic heterocycles. The van der Waals surface area contributed by atoms with E-state index in [-0.39, 0.29) is 41.8 Å². The molecule has 190 valence electrons. The number of carbonyl (C=O) groups excluding carboxylic acids is 2. The summed E-state index contributed by atoms with van der Waals surface area (Å²) in [4.78, 5) is 29.3. The minimum atomic E-state index is -0.198. The first-order valence-corrected chi connectivity index (χ1v) is 13.8. The lowest BCUT2D eigenvalue weighted by atomic mass is 9.79. The van der Waals surface area contributed by atoms with Crippen molar-refractivity contribution < 1.29 is 9.59 Å². The van der Waals surface area contributed by atoms with Crippen LogP contribution in [0.3, 0.4) is 0 Å². The monoisotopic (exact) mass is 513 g/mol. The molecule has 2 N–H and O–H groups in total. The molecule has 0 unspecified atom stereocenters. The fourth-order valence-corrected chi connectivity index (χ4v) is 6.75. The average Bonchev–Trinajstić information content (AvgIpc) is 3.39. The minimum absolute atomic E-state index is 0.0121. The molecule has 3 aliphatic rings. The Labute approximate surface area is 223 Å². The smallest absolute Gasteiger partial charge is 0.251 e. The topological polar surface area (TPSA) is 61.4 Å². The van der Waals surface area contributed by atoms with E-state index in [1.165, 1.54) is 11.1 Å². The molecular weight excluding hydrogens is 482 g/mol. The van der Waals surface area contributed by atoms with Gasteiger partial charge < -0.3 is 15.5 Å². The second-order valence-corrected chi connectivity index (χ2v) is 11.0. The second-order valence-electron chi connectivity index (χ2n) is 10.5. The highest BCUT2D eigenvalue weighted by molar-refractivity contribution is 6.30. The molecule has 2 amide bonds. The fourth-order valence-electron chi connectivity index (χ4n) is 6.63. The van der Waals surface area contributed by atoms with Crippen LogP contribution in [0.5, 0.6) is 0 Å². The van der Waals surface area contributed by atoms with Gasteiger partial charge in [-0.2, -0.15) is 0 Å². The first-order chi connectivity index (χ1) is 18.1. The molecule has 0 spiro atoms. The molecule has 5 atom stereocenters. The van der Waals surface area contributed by atoms with Gasteiger partial charge >= 0.3 is 0 Å². The molecule has 6 heteroatoms. The Balaban J connectivity index is 1.28. The molecule has 6 rings (SSSR count). The molecule has 5 nitrogen and oxygen atoms in total. The summed E-state index contributed by atoms with van der Waals surface area (Å²) in [5, 5.41) is 7.69. The van der Waals surface area contributed by atoms with Crippen molar-refractivity contribution in [1.82, 2.24) is 10.2 Å². The lowest BCUT2D eigenvalue weighted by Gasteiger charge is -2.42. The van der Waals surface area contributed by atoms with E-state index in [0.29, 0.717) is 5.56 Å². The summed E-state index contributed by atoms with van der Waals surface area (Å²) < 4.78 is 0. The molecule has 2 fully saturated rings. The SMILES string of the molecule is O=C(N[C@@H]1CCCC[C@@H]1C(=O)N1CC[C@H]2[C@@H](c3ccc(Cl)cc3)Nc3ccccc3[C@H]21)c1ccccc1. The van der Waals surface area contributed by atoms with Crippen LogP contribution in [0.2, 0.25) is 5.02 Å². The predicted octanol–water partition coefficient (Wildman–Crippen LogP) is 6.39. The molecule has 3 aromatic rings. The Kier molecular flexibility index (Phi) is 6.64. The summed E-state index contributed by atoms with van der Waals surface area (Å²) in [5.41, 5.74) is 4.10. The average molecular weight is 514 g/mol. The minimum Gasteiger partial charge on any atom is -0.378 e. The number of nitrogens with zero attached hydrogens (tertiary/aromatic N) is 1. The highest BCUT2D eigenvalue weighted by Gasteiger charge is 2.48. The Morgan fingerprint density at radius 3 is 2.41 bits per heavy atom. The van der Waals surface area contributed by atoms with Crippen molar-refractivity contribution in [2.45, 2.75) is 50.2 Å². The zero-order chi connectivity index (χ0) is 25.4. The van der Waals surface area contributed by atoms with Crippen LogP contribution < -0.4 is 10.6 Å². The van der Waals surface area contributed by atoms with Crippen molar-refractivity contribution in [3.8, 4) is 0 Å². The van der Waals surface area contributed by atoms with E-state index in [4.69, 9.17) is 11.6 Å². The number of halogens is 1. The highest BCUT2D eigenvalue weighted by atomic mass is 35.5. The highest BCUT2D eigenvalue weighted by Crippen LogP contribution is 2.52. The van der Waals surface area contributed by atoms with E-state index >= 15 is 0 Å². The lowest BCUT2D eigenvalue weighted by Crippen LogP contribution is -2.50. The maximum atomic E-state index is 14.2. The molecule has 1 aliphatic carbocycles. The molecule has 2 heterocycles. The number of amides is 2. The van der Waals surface area contributed by atoms with Gasteiger partial charge in [0.05, 0.1) is 18.0 Å². The lowest BCUT2D eigenvalue weighted by molar-refractivity contribution is -0.138. The summed E-state index contributed by atoms with van der Waals surface area (Å²) >= 11 is 6.18. The molecule has 1 saturated carbocycles. The third-order valence-electron chi connectivity index (χ3n) is 8.41. The molecule has 0 radical (unpaired) electrons. The van der Waals surface area contributed by atoms with Crippen molar-refractivity contribution >= 4 is 29.1 Å². The number of rotatable bonds is 4. The maximum absolute atomic E-state index is 14.2. The van der Waals surface area contributed by atoms with Crippen molar-refractivity contribution in [3.63, 3.8) is 0 Å². The fraction of sp³-hybridized carbons (Fsp3) is 0.355. The first-order valence-electron chi connectivity index (χ1n) is 13.4. The van der Waals surface area contributed by atoms with Crippen LogP contribution in [0.25, 0.3) is 0 Å². The first kappa shape index (κ1) is 24.1. The second kappa shape index (κ2) is 10.2. The van der Waals surface area contributed by atoms with Gasteiger partial charge in [-0.3, -0.25) is 9.59 Å². The standard InChI is InChI=1S/C31H32ClN3O2/c32-22-16-14-20(15-17-22)28-25-18-19-35(29(25)23-10-4-6-12-26(23)33-28)31(37)24-11-5-7-13-27(24)34-30(36)21-8-2-1-3-9-21/h1-4,6,8-10,12,14-17,24-25,27-29,33H,5,7,11,13,18-19H2,(H,34,36)/t24-,25-,27+,28+,29+/m0/s1. The third kappa shape index (κ3) is 4.61. The Morgan fingerprint density at radius 1 is 0.865 bits per heavy atom. The van der Waals surface area contributed by atoms with Gasteiger partial charge in [0, 0.05) is 34.8 Å². The van der Waals surface area contributed by atoms with Crippen LogP contribution in [0.1, 0.15) is 65.7 Å². The van der Waals surface area contributed by atoms with Crippen molar-refractivity contribution in [3.05, 3.63) is 101 Å². The van der Waals surface area contributed by atoms with Gasteiger partial charge in [0.2, 0.25) is 5.91 Å². The summed E-state index contributed by atoms with van der Waals surface area (Å²) in [6.45, 7) is 0.726. The van der Waals surface area contributed by atoms with E-state index in [1.54, 1.807) is 0 Å². The quantitative estimate of drug-likeness (QED) is 0.425. The van der Waals surface area contributed by atoms with Gasteiger partial charge in [-0.1, -0.05) is 73.0 Å². The zero-order valence-electron chi connectivity index (χ0n) is 20.8. The number of fused-ring (bicyclic) bond motifs is 3. The van der Waals surface area contributed by atoms with Crippen LogP contribution >= 0.6 is 11.6 Å². The van der Waals surface area contributed by atoms with Crippen LogP contribution in [0, 0.1) is 11.8 Å². The third-order valence-corrected chi connectivity index (χ3v) is 8.66. The molecule has 37 heavy (non-hydrogen) atoms. The predicted molar refractivity (Wildman–Crippen MR) is 146 cm³/mol. The molecular formula is C31H32ClN3O2. The number of hydrogen-bond acceptors (Lipinski definition) is 3. The van der Waals surface area contributed by atoms with E-state index in [9.17, 15) is 9.59 Å². The summed E-state index contributed by atoms with van der Waals surface area (Å²) in [6, 6.07) is 25.7. The van der Waals surface area contributed by atoms with Crippen LogP contribution in [-0.4, -0.2) is 29.3 Å². The molecule has 0 bridgehead atoms. The van der Waals surface area contributed by atoms with Crippen molar-refractivity contribution in [2.24, 2.45) is 11.8 Å². The normalized spacial score (nSPS) is 26.5. The number of para-hydroxylation sites is 1. The summed E-state index contributed by atoms with van der Waals surface area (Å²) in [5.74, 6) is 0.147. The Morgan fingerprint density at radius 2 is 1.59 bits per heavy atom. The van der Waals surface area contributed by atoms with Gasteiger partial charge in [-0.05, 0) is 60.7 Å². The zero-order valence-corrected chi connectivity index (χ0v) is 21.5. The van der Waals surface area contributed by atoms with Gasteiger partial charge in [-0.25, -0.2) is 0 Å². The van der Waals surface area contributed by atoms with Crippen molar-refractivity contribution in [1.29, 1.82) is 0 Å². The molecule has 1 saturated heterocycles. The van der Waals surface area contributed by atoms with E-state index in [2.05, 4.69) is 45.9 Å². The largest absolute Gasteiger partial charge is 0.378 e. The number of anilines is 1. The van der Waals surface area contributed by atoms with Gasteiger partial charge in [0.15, 0.2) is 0 Å². The van der Waals surface area contributed by atoms with Crippen LogP contribution in [0.4, 0.5) is 5.69 Å². The molecule has 3 aromatic carbocycles. The summed E-state index contributed by atoms with van der Waals surface area (Å²) in [7, 11) is 0. The number of hydrogen-bond donors (Lipinski definition) is 2. The van der Waals surface area contributed by atoms with Crippen LogP contribution in [-0.2, 0) is 4.79 Å². The number of nitrogens with one attached hydrogen (secondary N) is 2. The Hall–Kier alpha value is -3.31. The number of carbonyl (C=O) groups is 2. The maximum Gasteiger partial charge on any atom is 0.251 e. The van der Waals surface area contributed by atoms with Gasteiger partial charge in [-0.15, -0.1) is 0 Å². The van der Waals surface area contributed by atoms with Crippen molar-refractivity contribution in [2.75, 3.05) is 11.9 Å². The number of likely N-dealkylation sites (tertiary alicyclic amines) is 1. The van der Waals surface area contributed by atoms with E-state index < -0.39 is 0 Å². The van der Waals surface area contributed by atoms with Gasteiger partial charge in [0.25, 0.3) is 5.91 Å². The summed E-state index contributed by atoms with van der Waals surface area (Å²) in [6.07, 6.45) is 4.62. The van der Waals surface area contributed by atoms with E-state index in [1.807, 2.05) is 48.5 Å². The molecule has 0 aromatic heterocycles. The van der Waals surface area contributed by atoms with Crippen LogP contribution in [0.15, 0.2) is 78.9 Å². The van der Waals surface area contributed by atoms with E-state index in [0.717, 1.165) is 49.4 Å². The number of benzene rings is 3.